The van der Waals surface area contributed by atoms with E-state index in [0.717, 1.165) is 10.6 Å². The van der Waals surface area contributed by atoms with Gasteiger partial charge >= 0.3 is 0 Å². The van der Waals surface area contributed by atoms with Crippen molar-refractivity contribution in [2.45, 2.75) is 32.9 Å². The van der Waals surface area contributed by atoms with Crippen LogP contribution in [0.1, 0.15) is 41.4 Å². The van der Waals surface area contributed by atoms with E-state index in [0.29, 0.717) is 0 Å². The van der Waals surface area contributed by atoms with Crippen LogP contribution in [0, 0.1) is 12.7 Å². The molecule has 0 aliphatic heterocycles. The summed E-state index contributed by atoms with van der Waals surface area (Å²) < 4.78 is 13.2. The summed E-state index contributed by atoms with van der Waals surface area (Å²) >= 11 is 1.69. The molecule has 0 fully saturated rings. The number of aromatic nitrogens is 1. The highest BCUT2D eigenvalue weighted by molar-refractivity contribution is 7.11. The lowest BCUT2D eigenvalue weighted by Gasteiger charge is -2.18. The number of nitrogens with zero attached hydrogens (tertiary/aromatic N) is 1. The Morgan fingerprint density at radius 3 is 2.67 bits per heavy atom. The van der Waals surface area contributed by atoms with Crippen LogP contribution in [0.25, 0.3) is 0 Å². The van der Waals surface area contributed by atoms with Crippen LogP contribution in [0.4, 0.5) is 4.39 Å². The molecule has 0 aliphatic rings. The number of aryl methyl sites for hydroxylation is 1. The van der Waals surface area contributed by atoms with E-state index < -0.39 is 0 Å². The molecule has 1 heterocycles. The van der Waals surface area contributed by atoms with E-state index in [1.54, 1.807) is 23.5 Å². The number of halogens is 1. The van der Waals surface area contributed by atoms with Crippen LogP contribution in [0.15, 0.2) is 30.5 Å². The minimum atomic E-state index is -0.195. The third-order valence-electron chi connectivity index (χ3n) is 2.86. The van der Waals surface area contributed by atoms with Gasteiger partial charge < -0.3 is 5.32 Å². The molecule has 0 spiro atoms. The van der Waals surface area contributed by atoms with Gasteiger partial charge in [0.15, 0.2) is 0 Å². The molecule has 2 atom stereocenters. The standard InChI is InChI=1S/C14H17FN2S/c1-9-8-16-14(18-9)11(3)17-10(2)12-5-4-6-13(15)7-12/h4-8,10-11,17H,1-3H3. The summed E-state index contributed by atoms with van der Waals surface area (Å²) in [6, 6.07) is 6.96. The van der Waals surface area contributed by atoms with E-state index >= 15 is 0 Å². The summed E-state index contributed by atoms with van der Waals surface area (Å²) in [7, 11) is 0. The monoisotopic (exact) mass is 264 g/mol. The van der Waals surface area contributed by atoms with Crippen LogP contribution in [0.5, 0.6) is 0 Å². The van der Waals surface area contributed by atoms with Crippen molar-refractivity contribution in [1.29, 1.82) is 0 Å². The predicted octanol–water partition coefficient (Wildman–Crippen LogP) is 4.00. The first kappa shape index (κ1) is 13.2. The quantitative estimate of drug-likeness (QED) is 0.902. The summed E-state index contributed by atoms with van der Waals surface area (Å²) in [5.41, 5.74) is 0.954. The maximum absolute atomic E-state index is 13.2. The van der Waals surface area contributed by atoms with Gasteiger partial charge in [0.2, 0.25) is 0 Å². The molecule has 96 valence electrons. The van der Waals surface area contributed by atoms with Crippen molar-refractivity contribution < 1.29 is 4.39 Å². The number of thiazole rings is 1. The number of benzene rings is 1. The Morgan fingerprint density at radius 2 is 2.06 bits per heavy atom. The van der Waals surface area contributed by atoms with Gasteiger partial charge in [-0.1, -0.05) is 12.1 Å². The zero-order valence-corrected chi connectivity index (χ0v) is 11.6. The van der Waals surface area contributed by atoms with Crippen molar-refractivity contribution in [2.24, 2.45) is 0 Å². The Labute approximate surface area is 111 Å². The third kappa shape index (κ3) is 3.15. The highest BCUT2D eigenvalue weighted by Crippen LogP contribution is 2.23. The van der Waals surface area contributed by atoms with E-state index in [1.165, 1.54) is 10.9 Å². The fraction of sp³-hybridized carbons (Fsp3) is 0.357. The van der Waals surface area contributed by atoms with Crippen LogP contribution in [0.2, 0.25) is 0 Å². The van der Waals surface area contributed by atoms with Gasteiger partial charge in [-0.2, -0.15) is 0 Å². The average Bonchev–Trinajstić information content (AvgIpc) is 2.76. The molecular formula is C14H17FN2S. The smallest absolute Gasteiger partial charge is 0.123 e. The number of hydrogen-bond acceptors (Lipinski definition) is 3. The first-order valence-electron chi connectivity index (χ1n) is 6.00. The fourth-order valence-electron chi connectivity index (χ4n) is 1.89. The molecule has 4 heteroatoms. The van der Waals surface area contributed by atoms with Crippen molar-refractivity contribution in [2.75, 3.05) is 0 Å². The van der Waals surface area contributed by atoms with Gasteiger partial charge in [0, 0.05) is 17.1 Å². The second-order valence-electron chi connectivity index (χ2n) is 4.47. The molecular weight excluding hydrogens is 247 g/mol. The summed E-state index contributed by atoms with van der Waals surface area (Å²) in [5.74, 6) is -0.195. The molecule has 1 N–H and O–H groups in total. The molecule has 0 saturated heterocycles. The highest BCUT2D eigenvalue weighted by atomic mass is 32.1. The second-order valence-corrected chi connectivity index (χ2v) is 5.74. The lowest BCUT2D eigenvalue weighted by atomic mass is 10.1. The Bertz CT molecular complexity index is 524. The maximum Gasteiger partial charge on any atom is 0.123 e. The third-order valence-corrected chi connectivity index (χ3v) is 3.95. The number of rotatable bonds is 4. The van der Waals surface area contributed by atoms with Gasteiger partial charge in [-0.05, 0) is 38.5 Å². The predicted molar refractivity (Wildman–Crippen MR) is 73.2 cm³/mol. The number of hydrogen-bond donors (Lipinski definition) is 1. The summed E-state index contributed by atoms with van der Waals surface area (Å²) in [4.78, 5) is 5.57. The van der Waals surface area contributed by atoms with Gasteiger partial charge in [0.1, 0.15) is 10.8 Å². The zero-order valence-electron chi connectivity index (χ0n) is 10.8. The van der Waals surface area contributed by atoms with E-state index in [1.807, 2.05) is 26.1 Å². The fourth-order valence-corrected chi connectivity index (χ4v) is 2.68. The van der Waals surface area contributed by atoms with Gasteiger partial charge in [0.25, 0.3) is 0 Å². The van der Waals surface area contributed by atoms with Gasteiger partial charge in [-0.25, -0.2) is 9.37 Å². The van der Waals surface area contributed by atoms with Crippen molar-refractivity contribution >= 4 is 11.3 Å². The van der Waals surface area contributed by atoms with Crippen LogP contribution < -0.4 is 5.32 Å². The van der Waals surface area contributed by atoms with Crippen LogP contribution in [0.3, 0.4) is 0 Å². The van der Waals surface area contributed by atoms with Gasteiger partial charge in [0.05, 0.1) is 6.04 Å². The van der Waals surface area contributed by atoms with E-state index in [4.69, 9.17) is 0 Å². The van der Waals surface area contributed by atoms with Crippen molar-refractivity contribution in [1.82, 2.24) is 10.3 Å². The van der Waals surface area contributed by atoms with Crippen molar-refractivity contribution in [3.8, 4) is 0 Å². The van der Waals surface area contributed by atoms with Gasteiger partial charge in [-0.3, -0.25) is 0 Å². The van der Waals surface area contributed by atoms with Gasteiger partial charge in [-0.15, -0.1) is 11.3 Å². The summed E-state index contributed by atoms with van der Waals surface area (Å²) in [6.45, 7) is 6.16. The molecule has 18 heavy (non-hydrogen) atoms. The molecule has 1 aromatic carbocycles. The first-order valence-corrected chi connectivity index (χ1v) is 6.81. The maximum atomic E-state index is 13.2. The van der Waals surface area contributed by atoms with E-state index in [-0.39, 0.29) is 17.9 Å². The minimum Gasteiger partial charge on any atom is -0.302 e. The molecule has 0 radical (unpaired) electrons. The van der Waals surface area contributed by atoms with Crippen LogP contribution >= 0.6 is 11.3 Å². The largest absolute Gasteiger partial charge is 0.302 e. The second kappa shape index (κ2) is 5.59. The molecule has 0 aliphatic carbocycles. The summed E-state index contributed by atoms with van der Waals surface area (Å²) in [5, 5.41) is 4.50. The van der Waals surface area contributed by atoms with Crippen LogP contribution in [-0.4, -0.2) is 4.98 Å². The first-order chi connectivity index (χ1) is 8.56. The number of nitrogens with one attached hydrogen (secondary N) is 1. The Hall–Kier alpha value is -1.26. The van der Waals surface area contributed by atoms with Crippen molar-refractivity contribution in [3.05, 3.63) is 51.7 Å². The highest BCUT2D eigenvalue weighted by Gasteiger charge is 2.13. The van der Waals surface area contributed by atoms with E-state index in [2.05, 4.69) is 17.2 Å². The van der Waals surface area contributed by atoms with Crippen molar-refractivity contribution in [3.63, 3.8) is 0 Å². The van der Waals surface area contributed by atoms with Crippen LogP contribution in [-0.2, 0) is 0 Å². The molecule has 0 amide bonds. The molecule has 2 aromatic rings. The molecule has 2 rings (SSSR count). The lowest BCUT2D eigenvalue weighted by molar-refractivity contribution is 0.490. The Morgan fingerprint density at radius 1 is 1.28 bits per heavy atom. The molecule has 2 unspecified atom stereocenters. The van der Waals surface area contributed by atoms with E-state index in [9.17, 15) is 4.39 Å². The lowest BCUT2D eigenvalue weighted by Crippen LogP contribution is -2.22. The summed E-state index contributed by atoms with van der Waals surface area (Å²) in [6.07, 6.45) is 1.88. The Kier molecular flexibility index (Phi) is 4.09. The normalized spacial score (nSPS) is 14.4. The minimum absolute atomic E-state index is 0.0971. The SMILES string of the molecule is Cc1cnc(C(C)NC(C)c2cccc(F)c2)s1. The molecule has 2 nitrogen and oxygen atoms in total. The Balaban J connectivity index is 2.05. The zero-order chi connectivity index (χ0) is 13.1. The molecule has 0 bridgehead atoms. The molecule has 1 aromatic heterocycles. The topological polar surface area (TPSA) is 24.9 Å². The molecule has 0 saturated carbocycles. The average molecular weight is 264 g/mol.